The molecule has 1 aliphatic rings. The first kappa shape index (κ1) is 16.7. The van der Waals surface area contributed by atoms with Crippen molar-refractivity contribution in [3.05, 3.63) is 71.8 Å². The maximum absolute atomic E-state index is 13.2. The van der Waals surface area contributed by atoms with Gasteiger partial charge in [0, 0.05) is 5.56 Å². The molecule has 1 aliphatic carbocycles. The van der Waals surface area contributed by atoms with Gasteiger partial charge in [-0.1, -0.05) is 55.5 Å². The number of carbonyl (C=O) groups excluding carboxylic acids is 1. The van der Waals surface area contributed by atoms with Crippen molar-refractivity contribution < 1.29 is 9.90 Å². The molecule has 4 unspecified atom stereocenters. The molecule has 2 aromatic rings. The molecular formula is C21H25NO2. The largest absolute Gasteiger partial charge is 0.391 e. The summed E-state index contributed by atoms with van der Waals surface area (Å²) >= 11 is 0. The summed E-state index contributed by atoms with van der Waals surface area (Å²) in [6.45, 7) is 4.19. The van der Waals surface area contributed by atoms with Gasteiger partial charge in [-0.3, -0.25) is 4.79 Å². The van der Waals surface area contributed by atoms with E-state index in [0.29, 0.717) is 11.5 Å². The third kappa shape index (κ3) is 3.36. The maximum atomic E-state index is 13.2. The second-order valence-electron chi connectivity index (χ2n) is 6.88. The number of rotatable bonds is 4. The van der Waals surface area contributed by atoms with Gasteiger partial charge in [0.25, 0.3) is 5.91 Å². The Morgan fingerprint density at radius 2 is 1.62 bits per heavy atom. The summed E-state index contributed by atoms with van der Waals surface area (Å²) in [6, 6.07) is 19.2. The smallest absolute Gasteiger partial charge is 0.254 e. The molecule has 1 amide bonds. The van der Waals surface area contributed by atoms with Crippen molar-refractivity contribution in [2.24, 2.45) is 5.92 Å². The molecule has 0 bridgehead atoms. The van der Waals surface area contributed by atoms with Crippen molar-refractivity contribution in [3.63, 3.8) is 0 Å². The van der Waals surface area contributed by atoms with Crippen molar-refractivity contribution in [3.8, 4) is 0 Å². The molecule has 2 aromatic carbocycles. The molecule has 0 aliphatic heterocycles. The number of aliphatic hydroxyl groups is 1. The molecule has 3 rings (SSSR count). The zero-order valence-electron chi connectivity index (χ0n) is 14.3. The Morgan fingerprint density at radius 3 is 2.17 bits per heavy atom. The van der Waals surface area contributed by atoms with Crippen molar-refractivity contribution in [2.75, 3.05) is 0 Å². The standard InChI is InChI=1S/C21H25NO2/c1-15-13-19(20(23)14-15)22(16(2)17-9-5-3-6-10-17)21(24)18-11-7-4-8-12-18/h3-12,15-16,19-20,23H,13-14H2,1-2H3. The molecule has 0 aromatic heterocycles. The average Bonchev–Trinajstić information content (AvgIpc) is 2.94. The highest BCUT2D eigenvalue weighted by molar-refractivity contribution is 5.94. The van der Waals surface area contributed by atoms with Crippen LogP contribution in [0.1, 0.15) is 48.7 Å². The molecule has 0 spiro atoms. The number of hydrogen-bond donors (Lipinski definition) is 1. The van der Waals surface area contributed by atoms with Crippen LogP contribution in [-0.4, -0.2) is 28.1 Å². The fourth-order valence-electron chi connectivity index (χ4n) is 3.77. The predicted molar refractivity (Wildman–Crippen MR) is 95.7 cm³/mol. The van der Waals surface area contributed by atoms with Crippen LogP contribution in [0.15, 0.2) is 60.7 Å². The molecule has 0 radical (unpaired) electrons. The van der Waals surface area contributed by atoms with Gasteiger partial charge in [-0.25, -0.2) is 0 Å². The van der Waals surface area contributed by atoms with Crippen LogP contribution >= 0.6 is 0 Å². The van der Waals surface area contributed by atoms with Crippen LogP contribution < -0.4 is 0 Å². The summed E-state index contributed by atoms with van der Waals surface area (Å²) in [5.74, 6) is 0.421. The quantitative estimate of drug-likeness (QED) is 0.922. The minimum absolute atomic E-state index is 0.00916. The minimum atomic E-state index is -0.459. The number of amides is 1. The summed E-state index contributed by atoms with van der Waals surface area (Å²) in [4.78, 5) is 15.1. The van der Waals surface area contributed by atoms with Gasteiger partial charge in [0.05, 0.1) is 18.2 Å². The van der Waals surface area contributed by atoms with Crippen LogP contribution in [0.25, 0.3) is 0 Å². The number of carbonyl (C=O) groups is 1. The predicted octanol–water partition coefficient (Wildman–Crippen LogP) is 4.05. The monoisotopic (exact) mass is 323 g/mol. The second kappa shape index (κ2) is 7.18. The summed E-state index contributed by atoms with van der Waals surface area (Å²) in [5, 5.41) is 10.5. The van der Waals surface area contributed by atoms with E-state index in [-0.39, 0.29) is 18.0 Å². The number of aliphatic hydroxyl groups excluding tert-OH is 1. The highest BCUT2D eigenvalue weighted by atomic mass is 16.3. The van der Waals surface area contributed by atoms with Crippen LogP contribution in [-0.2, 0) is 0 Å². The van der Waals surface area contributed by atoms with Crippen LogP contribution in [0.4, 0.5) is 0 Å². The SMILES string of the molecule is CC1CC(O)C(N(C(=O)c2ccccc2)C(C)c2ccccc2)C1. The summed E-state index contributed by atoms with van der Waals surface area (Å²) < 4.78 is 0. The van der Waals surface area contributed by atoms with Gasteiger partial charge in [-0.2, -0.15) is 0 Å². The molecule has 1 fully saturated rings. The molecule has 24 heavy (non-hydrogen) atoms. The zero-order chi connectivity index (χ0) is 17.1. The highest BCUT2D eigenvalue weighted by Crippen LogP contribution is 2.35. The zero-order valence-corrected chi connectivity index (χ0v) is 14.3. The first-order valence-electron chi connectivity index (χ1n) is 8.68. The topological polar surface area (TPSA) is 40.5 Å². The number of hydrogen-bond acceptors (Lipinski definition) is 2. The Morgan fingerprint density at radius 1 is 1.04 bits per heavy atom. The lowest BCUT2D eigenvalue weighted by molar-refractivity contribution is 0.0330. The van der Waals surface area contributed by atoms with Gasteiger partial charge in [-0.05, 0) is 43.4 Å². The van der Waals surface area contributed by atoms with E-state index in [2.05, 4.69) is 6.92 Å². The van der Waals surface area contributed by atoms with E-state index >= 15 is 0 Å². The highest BCUT2D eigenvalue weighted by Gasteiger charge is 2.39. The molecule has 126 valence electrons. The lowest BCUT2D eigenvalue weighted by Gasteiger charge is -2.37. The second-order valence-corrected chi connectivity index (χ2v) is 6.88. The molecular weight excluding hydrogens is 298 g/mol. The maximum Gasteiger partial charge on any atom is 0.254 e. The molecule has 1 N–H and O–H groups in total. The lowest BCUT2D eigenvalue weighted by Crippen LogP contribution is -2.45. The fraction of sp³-hybridized carbons (Fsp3) is 0.381. The first-order valence-corrected chi connectivity index (χ1v) is 8.68. The van der Waals surface area contributed by atoms with Crippen LogP contribution in [0, 0.1) is 5.92 Å². The van der Waals surface area contributed by atoms with E-state index in [4.69, 9.17) is 0 Å². The summed E-state index contributed by atoms with van der Waals surface area (Å²) in [7, 11) is 0. The average molecular weight is 323 g/mol. The van der Waals surface area contributed by atoms with Gasteiger partial charge in [0.2, 0.25) is 0 Å². The Bertz CT molecular complexity index is 671. The Balaban J connectivity index is 1.96. The van der Waals surface area contributed by atoms with Crippen LogP contribution in [0.2, 0.25) is 0 Å². The van der Waals surface area contributed by atoms with E-state index < -0.39 is 6.10 Å². The Labute approximate surface area is 143 Å². The fourth-order valence-corrected chi connectivity index (χ4v) is 3.77. The van der Waals surface area contributed by atoms with Gasteiger partial charge >= 0.3 is 0 Å². The third-order valence-electron chi connectivity index (χ3n) is 5.04. The molecule has 1 saturated carbocycles. The molecule has 0 saturated heterocycles. The molecule has 3 heteroatoms. The van der Waals surface area contributed by atoms with Gasteiger partial charge < -0.3 is 10.0 Å². The van der Waals surface area contributed by atoms with Crippen molar-refractivity contribution >= 4 is 5.91 Å². The first-order chi connectivity index (χ1) is 11.6. The van der Waals surface area contributed by atoms with E-state index in [9.17, 15) is 9.90 Å². The van der Waals surface area contributed by atoms with E-state index in [1.54, 1.807) is 0 Å². The van der Waals surface area contributed by atoms with E-state index in [1.165, 1.54) is 0 Å². The number of benzene rings is 2. The molecule has 3 nitrogen and oxygen atoms in total. The third-order valence-corrected chi connectivity index (χ3v) is 5.04. The van der Waals surface area contributed by atoms with Gasteiger partial charge in [0.1, 0.15) is 0 Å². The summed E-state index contributed by atoms with van der Waals surface area (Å²) in [5.41, 5.74) is 1.76. The van der Waals surface area contributed by atoms with Crippen LogP contribution in [0.3, 0.4) is 0 Å². The van der Waals surface area contributed by atoms with Crippen molar-refractivity contribution in [1.29, 1.82) is 0 Å². The van der Waals surface area contributed by atoms with Crippen LogP contribution in [0.5, 0.6) is 0 Å². The van der Waals surface area contributed by atoms with E-state index in [0.717, 1.165) is 18.4 Å². The van der Waals surface area contributed by atoms with Gasteiger partial charge in [-0.15, -0.1) is 0 Å². The molecule has 4 atom stereocenters. The van der Waals surface area contributed by atoms with Gasteiger partial charge in [0.15, 0.2) is 0 Å². The minimum Gasteiger partial charge on any atom is -0.391 e. The normalized spacial score (nSPS) is 24.5. The van der Waals surface area contributed by atoms with Crippen molar-refractivity contribution in [2.45, 2.75) is 44.9 Å². The Hall–Kier alpha value is -2.13. The van der Waals surface area contributed by atoms with Crippen molar-refractivity contribution in [1.82, 2.24) is 4.90 Å². The Kier molecular flexibility index (Phi) is 5.00. The summed E-state index contributed by atoms with van der Waals surface area (Å²) in [6.07, 6.45) is 1.14. The van der Waals surface area contributed by atoms with E-state index in [1.807, 2.05) is 72.5 Å². The number of nitrogens with zero attached hydrogens (tertiary/aromatic N) is 1. The molecule has 0 heterocycles. The lowest BCUT2D eigenvalue weighted by atomic mass is 10.0.